The van der Waals surface area contributed by atoms with Gasteiger partial charge in [0.2, 0.25) is 0 Å². The van der Waals surface area contributed by atoms with Crippen LogP contribution in [0.1, 0.15) is 50.9 Å². The predicted molar refractivity (Wildman–Crippen MR) is 104 cm³/mol. The number of ether oxygens (including phenoxy) is 1. The Kier molecular flexibility index (Phi) is 6.37. The number of allylic oxidation sites excluding steroid dienone is 1. The van der Waals surface area contributed by atoms with Crippen molar-refractivity contribution < 1.29 is 9.53 Å². The molecule has 2 rings (SSSR count). The monoisotopic (exact) mass is 358 g/mol. The van der Waals surface area contributed by atoms with Gasteiger partial charge in [0.05, 0.1) is 22.1 Å². The van der Waals surface area contributed by atoms with Crippen LogP contribution in [0.3, 0.4) is 0 Å². The fourth-order valence-electron chi connectivity index (χ4n) is 2.50. The highest BCUT2D eigenvalue weighted by Crippen LogP contribution is 2.29. The summed E-state index contributed by atoms with van der Waals surface area (Å²) in [5.74, 6) is 0. The largest absolute Gasteiger partial charge is 0.444 e. The summed E-state index contributed by atoms with van der Waals surface area (Å²) in [7, 11) is 0. The molecule has 2 aromatic rings. The molecule has 134 valence electrons. The number of rotatable bonds is 6. The van der Waals surface area contributed by atoms with Gasteiger partial charge in [-0.25, -0.2) is 9.78 Å². The molecule has 4 nitrogen and oxygen atoms in total. The van der Waals surface area contributed by atoms with E-state index in [0.717, 1.165) is 29.7 Å². The van der Waals surface area contributed by atoms with Crippen LogP contribution >= 0.6 is 11.3 Å². The first kappa shape index (κ1) is 19.2. The van der Waals surface area contributed by atoms with Crippen LogP contribution in [0.2, 0.25) is 0 Å². The van der Waals surface area contributed by atoms with Gasteiger partial charge in [-0.05, 0) is 51.7 Å². The molecule has 1 aromatic heterocycles. The molecule has 0 bridgehead atoms. The maximum absolute atomic E-state index is 12.1. The summed E-state index contributed by atoms with van der Waals surface area (Å²) >= 11 is 1.63. The van der Waals surface area contributed by atoms with E-state index >= 15 is 0 Å². The van der Waals surface area contributed by atoms with E-state index in [9.17, 15) is 4.79 Å². The standard InChI is InChI=1S/C20H26N2O2S/c1-6-7-8-17(22-19(23)24-20(3,4)5)15-9-11-16(12-10-15)18-14(2)21-13-25-18/h6,9-13,17H,1,7-8H2,2-5H3,(H,22,23)/t17-/m0/s1. The number of aryl methyl sites for hydroxylation is 1. The molecule has 0 saturated heterocycles. The highest BCUT2D eigenvalue weighted by molar-refractivity contribution is 7.13. The Labute approximate surface area is 153 Å². The van der Waals surface area contributed by atoms with E-state index in [0.29, 0.717) is 0 Å². The minimum absolute atomic E-state index is 0.107. The third kappa shape index (κ3) is 5.71. The lowest BCUT2D eigenvalue weighted by atomic mass is 10.00. The van der Waals surface area contributed by atoms with Crippen molar-refractivity contribution in [3.8, 4) is 10.4 Å². The summed E-state index contributed by atoms with van der Waals surface area (Å²) in [6.07, 6.45) is 3.06. The van der Waals surface area contributed by atoms with E-state index in [4.69, 9.17) is 4.74 Å². The number of aromatic nitrogens is 1. The third-order valence-corrected chi connectivity index (χ3v) is 4.65. The molecule has 0 unspecified atom stereocenters. The van der Waals surface area contributed by atoms with E-state index in [1.165, 1.54) is 4.88 Å². The molecule has 25 heavy (non-hydrogen) atoms. The fraction of sp³-hybridized carbons (Fsp3) is 0.400. The van der Waals surface area contributed by atoms with Gasteiger partial charge in [0, 0.05) is 0 Å². The second-order valence-electron chi connectivity index (χ2n) is 6.95. The summed E-state index contributed by atoms with van der Waals surface area (Å²) in [5.41, 5.74) is 4.57. The quantitative estimate of drug-likeness (QED) is 0.679. The van der Waals surface area contributed by atoms with Crippen LogP contribution in [0, 0.1) is 6.92 Å². The van der Waals surface area contributed by atoms with Gasteiger partial charge in [-0.2, -0.15) is 0 Å². The summed E-state index contributed by atoms with van der Waals surface area (Å²) < 4.78 is 5.39. The topological polar surface area (TPSA) is 51.2 Å². The molecule has 1 amide bonds. The number of carbonyl (C=O) groups is 1. The van der Waals surface area contributed by atoms with Crippen LogP contribution in [-0.4, -0.2) is 16.7 Å². The number of carbonyl (C=O) groups excluding carboxylic acids is 1. The third-order valence-electron chi connectivity index (χ3n) is 3.67. The van der Waals surface area contributed by atoms with Crippen molar-refractivity contribution in [1.82, 2.24) is 10.3 Å². The number of nitrogens with zero attached hydrogens (tertiary/aromatic N) is 1. The summed E-state index contributed by atoms with van der Waals surface area (Å²) in [6.45, 7) is 11.4. The second-order valence-corrected chi connectivity index (χ2v) is 7.81. The van der Waals surface area contributed by atoms with E-state index in [-0.39, 0.29) is 6.04 Å². The van der Waals surface area contributed by atoms with E-state index in [1.54, 1.807) is 11.3 Å². The number of amides is 1. The summed E-state index contributed by atoms with van der Waals surface area (Å²) in [4.78, 5) is 17.6. The second kappa shape index (κ2) is 8.30. The molecule has 1 aromatic carbocycles. The first-order valence-corrected chi connectivity index (χ1v) is 9.29. The molecule has 0 spiro atoms. The fourth-order valence-corrected chi connectivity index (χ4v) is 3.31. The molecule has 0 aliphatic carbocycles. The normalized spacial score (nSPS) is 12.5. The number of nitrogens with one attached hydrogen (secondary N) is 1. The maximum Gasteiger partial charge on any atom is 0.408 e. The number of benzene rings is 1. The Morgan fingerprint density at radius 3 is 2.56 bits per heavy atom. The highest BCUT2D eigenvalue weighted by atomic mass is 32.1. The lowest BCUT2D eigenvalue weighted by Gasteiger charge is -2.24. The van der Waals surface area contributed by atoms with Crippen LogP contribution in [0.25, 0.3) is 10.4 Å². The molecular weight excluding hydrogens is 332 g/mol. The molecule has 1 heterocycles. The number of thiazole rings is 1. The smallest absolute Gasteiger partial charge is 0.408 e. The minimum atomic E-state index is -0.513. The first-order chi connectivity index (χ1) is 11.8. The molecule has 1 atom stereocenters. The van der Waals surface area contributed by atoms with Crippen LogP contribution < -0.4 is 5.32 Å². The van der Waals surface area contributed by atoms with Crippen molar-refractivity contribution in [1.29, 1.82) is 0 Å². The number of hydrogen-bond donors (Lipinski definition) is 1. The molecule has 0 saturated carbocycles. The molecule has 5 heteroatoms. The summed E-state index contributed by atoms with van der Waals surface area (Å²) in [5, 5.41) is 2.97. The van der Waals surface area contributed by atoms with E-state index in [1.807, 2.05) is 39.3 Å². The van der Waals surface area contributed by atoms with Crippen LogP contribution in [0.5, 0.6) is 0 Å². The van der Waals surface area contributed by atoms with Gasteiger partial charge in [0.15, 0.2) is 0 Å². The molecule has 0 aliphatic rings. The summed E-state index contributed by atoms with van der Waals surface area (Å²) in [6, 6.07) is 8.16. The van der Waals surface area contributed by atoms with Crippen molar-refractivity contribution in [3.63, 3.8) is 0 Å². The molecule has 0 radical (unpaired) electrons. The van der Waals surface area contributed by atoms with Gasteiger partial charge >= 0.3 is 6.09 Å². The lowest BCUT2D eigenvalue weighted by molar-refractivity contribution is 0.0501. The first-order valence-electron chi connectivity index (χ1n) is 8.41. The van der Waals surface area contributed by atoms with Crippen LogP contribution in [-0.2, 0) is 4.74 Å². The Hall–Kier alpha value is -2.14. The van der Waals surface area contributed by atoms with Crippen molar-refractivity contribution in [2.75, 3.05) is 0 Å². The Balaban J connectivity index is 2.15. The van der Waals surface area contributed by atoms with Gasteiger partial charge < -0.3 is 10.1 Å². The number of hydrogen-bond acceptors (Lipinski definition) is 4. The van der Waals surface area contributed by atoms with Crippen molar-refractivity contribution in [3.05, 3.63) is 53.7 Å². The van der Waals surface area contributed by atoms with Crippen molar-refractivity contribution >= 4 is 17.4 Å². The van der Waals surface area contributed by atoms with Crippen LogP contribution in [0.15, 0.2) is 42.4 Å². The minimum Gasteiger partial charge on any atom is -0.444 e. The SMILES string of the molecule is C=CCC[C@H](NC(=O)OC(C)(C)C)c1ccc(-c2scnc2C)cc1. The molecular formula is C20H26N2O2S. The van der Waals surface area contributed by atoms with Gasteiger partial charge in [-0.1, -0.05) is 30.3 Å². The van der Waals surface area contributed by atoms with Crippen molar-refractivity contribution in [2.24, 2.45) is 0 Å². The average Bonchev–Trinajstić information content (AvgIpc) is 2.96. The maximum atomic E-state index is 12.1. The Morgan fingerprint density at radius 1 is 1.36 bits per heavy atom. The van der Waals surface area contributed by atoms with Crippen molar-refractivity contribution in [2.45, 2.75) is 52.2 Å². The van der Waals surface area contributed by atoms with Gasteiger partial charge in [-0.15, -0.1) is 17.9 Å². The average molecular weight is 359 g/mol. The zero-order chi connectivity index (χ0) is 18.4. The Bertz CT molecular complexity index is 714. The van der Waals surface area contributed by atoms with Gasteiger partial charge in [0.25, 0.3) is 0 Å². The van der Waals surface area contributed by atoms with Gasteiger partial charge in [0.1, 0.15) is 5.60 Å². The molecule has 1 N–H and O–H groups in total. The van der Waals surface area contributed by atoms with E-state index < -0.39 is 11.7 Å². The molecule has 0 fully saturated rings. The Morgan fingerprint density at radius 2 is 2.04 bits per heavy atom. The highest BCUT2D eigenvalue weighted by Gasteiger charge is 2.20. The van der Waals surface area contributed by atoms with Crippen LogP contribution in [0.4, 0.5) is 4.79 Å². The number of alkyl carbamates (subject to hydrolysis) is 1. The van der Waals surface area contributed by atoms with Gasteiger partial charge in [-0.3, -0.25) is 0 Å². The zero-order valence-electron chi connectivity index (χ0n) is 15.3. The lowest BCUT2D eigenvalue weighted by Crippen LogP contribution is -2.35. The zero-order valence-corrected chi connectivity index (χ0v) is 16.2. The predicted octanol–water partition coefficient (Wildman–Crippen LogP) is 5.65. The molecule has 0 aliphatic heterocycles. The van der Waals surface area contributed by atoms with E-state index in [2.05, 4.69) is 41.1 Å².